The van der Waals surface area contributed by atoms with E-state index in [0.717, 1.165) is 10.9 Å². The van der Waals surface area contributed by atoms with Gasteiger partial charge in [-0.25, -0.2) is 9.59 Å². The molecule has 0 unspecified atom stereocenters. The standard InChI is InChI=1S/C23H30O6SSi/c1-26-16-29-20-12-11-18(22(24)27-2)19(15-30-17-9-7-6-8-10-17)21(20)23(25)28-13-14-31(3,4)5/h6-12H,13-16H2,1-5H3. The fraction of sp³-hybridized carbons (Fsp3) is 0.391. The second-order valence-corrected chi connectivity index (χ2v) is 14.7. The minimum atomic E-state index is -1.37. The summed E-state index contributed by atoms with van der Waals surface area (Å²) in [7, 11) is 1.44. The summed E-state index contributed by atoms with van der Waals surface area (Å²) in [6.45, 7) is 6.94. The third-order valence-electron chi connectivity index (χ3n) is 4.43. The monoisotopic (exact) mass is 462 g/mol. The molecular formula is C23H30O6SSi. The molecule has 6 nitrogen and oxygen atoms in total. The van der Waals surface area contributed by atoms with Gasteiger partial charge in [0.15, 0.2) is 6.79 Å². The highest BCUT2D eigenvalue weighted by molar-refractivity contribution is 7.98. The molecule has 0 bridgehead atoms. The molecule has 2 rings (SSSR count). The molecule has 0 saturated carbocycles. The lowest BCUT2D eigenvalue weighted by molar-refractivity contribution is 0.0436. The summed E-state index contributed by atoms with van der Waals surface area (Å²) in [6.07, 6.45) is 0. The fourth-order valence-corrected chi connectivity index (χ4v) is 4.41. The van der Waals surface area contributed by atoms with E-state index in [1.807, 2.05) is 30.3 Å². The predicted molar refractivity (Wildman–Crippen MR) is 125 cm³/mol. The van der Waals surface area contributed by atoms with Gasteiger partial charge in [-0.1, -0.05) is 37.8 Å². The number of thioether (sulfide) groups is 1. The highest BCUT2D eigenvalue weighted by Crippen LogP contribution is 2.33. The topological polar surface area (TPSA) is 71.1 Å². The molecule has 8 heteroatoms. The summed E-state index contributed by atoms with van der Waals surface area (Å²) >= 11 is 1.51. The normalized spacial score (nSPS) is 11.1. The molecule has 168 valence electrons. The average molecular weight is 463 g/mol. The maximum absolute atomic E-state index is 13.1. The highest BCUT2D eigenvalue weighted by Gasteiger charge is 2.26. The van der Waals surface area contributed by atoms with Crippen molar-refractivity contribution in [3.8, 4) is 5.75 Å². The van der Waals surface area contributed by atoms with Crippen LogP contribution in [0.5, 0.6) is 5.75 Å². The number of ether oxygens (including phenoxy) is 4. The Labute approximate surface area is 189 Å². The Balaban J connectivity index is 2.44. The van der Waals surface area contributed by atoms with Gasteiger partial charge in [-0.15, -0.1) is 11.8 Å². The van der Waals surface area contributed by atoms with Crippen LogP contribution in [0, 0.1) is 0 Å². The Morgan fingerprint density at radius 1 is 0.968 bits per heavy atom. The van der Waals surface area contributed by atoms with Crippen molar-refractivity contribution in [3.05, 3.63) is 59.2 Å². The van der Waals surface area contributed by atoms with Crippen molar-refractivity contribution in [2.24, 2.45) is 0 Å². The van der Waals surface area contributed by atoms with Gasteiger partial charge >= 0.3 is 11.9 Å². The van der Waals surface area contributed by atoms with Gasteiger partial charge in [0.05, 0.1) is 19.3 Å². The number of esters is 2. The summed E-state index contributed by atoms with van der Waals surface area (Å²) in [4.78, 5) is 26.6. The third kappa shape index (κ3) is 7.72. The van der Waals surface area contributed by atoms with E-state index in [1.54, 1.807) is 12.1 Å². The van der Waals surface area contributed by atoms with Gasteiger partial charge < -0.3 is 18.9 Å². The van der Waals surface area contributed by atoms with Crippen LogP contribution in [0.15, 0.2) is 47.4 Å². The van der Waals surface area contributed by atoms with Crippen molar-refractivity contribution in [1.82, 2.24) is 0 Å². The molecular weight excluding hydrogens is 432 g/mol. The first kappa shape index (κ1) is 25.0. The summed E-state index contributed by atoms with van der Waals surface area (Å²) < 4.78 is 21.2. The van der Waals surface area contributed by atoms with E-state index in [1.165, 1.54) is 26.0 Å². The van der Waals surface area contributed by atoms with Crippen LogP contribution < -0.4 is 4.74 Å². The minimum absolute atomic E-state index is 0.0297. The maximum atomic E-state index is 13.1. The van der Waals surface area contributed by atoms with Crippen LogP contribution in [0.1, 0.15) is 26.3 Å². The fourth-order valence-electron chi connectivity index (χ4n) is 2.74. The van der Waals surface area contributed by atoms with E-state index >= 15 is 0 Å². The number of benzene rings is 2. The Morgan fingerprint density at radius 3 is 2.29 bits per heavy atom. The van der Waals surface area contributed by atoms with E-state index in [0.29, 0.717) is 29.2 Å². The summed E-state index contributed by atoms with van der Waals surface area (Å²) in [5, 5.41) is 0. The van der Waals surface area contributed by atoms with E-state index in [9.17, 15) is 9.59 Å². The van der Waals surface area contributed by atoms with Gasteiger partial charge in [-0.05, 0) is 35.9 Å². The molecule has 0 spiro atoms. The maximum Gasteiger partial charge on any atom is 0.342 e. The molecule has 0 aromatic heterocycles. The lowest BCUT2D eigenvalue weighted by Crippen LogP contribution is -2.23. The largest absolute Gasteiger partial charge is 0.467 e. The summed E-state index contributed by atoms with van der Waals surface area (Å²) in [6, 6.07) is 13.8. The smallest absolute Gasteiger partial charge is 0.342 e. The van der Waals surface area contributed by atoms with Crippen molar-refractivity contribution in [2.45, 2.75) is 36.3 Å². The zero-order valence-electron chi connectivity index (χ0n) is 18.7. The van der Waals surface area contributed by atoms with Crippen molar-refractivity contribution in [3.63, 3.8) is 0 Å². The number of carbonyl (C=O) groups excluding carboxylic acids is 2. The van der Waals surface area contributed by atoms with Gasteiger partial charge in [0.1, 0.15) is 11.3 Å². The summed E-state index contributed by atoms with van der Waals surface area (Å²) in [5.41, 5.74) is 1.07. The van der Waals surface area contributed by atoms with Crippen molar-refractivity contribution in [2.75, 3.05) is 27.6 Å². The third-order valence-corrected chi connectivity index (χ3v) is 7.17. The SMILES string of the molecule is COCOc1ccc(C(=O)OC)c(CSc2ccccc2)c1C(=O)OCC[Si](C)(C)C. The average Bonchev–Trinajstić information content (AvgIpc) is 2.75. The van der Waals surface area contributed by atoms with Crippen LogP contribution >= 0.6 is 11.8 Å². The van der Waals surface area contributed by atoms with Crippen LogP contribution in [0.25, 0.3) is 0 Å². The molecule has 31 heavy (non-hydrogen) atoms. The first-order valence-corrected chi connectivity index (χ1v) is 14.7. The van der Waals surface area contributed by atoms with Gasteiger partial charge in [0.2, 0.25) is 0 Å². The predicted octanol–water partition coefficient (Wildman–Crippen LogP) is 5.24. The molecule has 0 aliphatic carbocycles. The van der Waals surface area contributed by atoms with Gasteiger partial charge in [0, 0.05) is 25.8 Å². The molecule has 0 atom stereocenters. The number of hydrogen-bond acceptors (Lipinski definition) is 7. The molecule has 0 radical (unpaired) electrons. The van der Waals surface area contributed by atoms with Crippen LogP contribution in [-0.4, -0.2) is 47.6 Å². The number of rotatable bonds is 11. The highest BCUT2D eigenvalue weighted by atomic mass is 32.2. The lowest BCUT2D eigenvalue weighted by Gasteiger charge is -2.19. The summed E-state index contributed by atoms with van der Waals surface area (Å²) in [5.74, 6) is -0.343. The molecule has 0 aliphatic heterocycles. The van der Waals surface area contributed by atoms with Crippen LogP contribution in [0.4, 0.5) is 0 Å². The molecule has 0 N–H and O–H groups in total. The minimum Gasteiger partial charge on any atom is -0.467 e. The molecule has 0 saturated heterocycles. The zero-order chi connectivity index (χ0) is 22.9. The lowest BCUT2D eigenvalue weighted by atomic mass is 10.0. The van der Waals surface area contributed by atoms with Crippen LogP contribution in [0.3, 0.4) is 0 Å². The Kier molecular flexibility index (Phi) is 9.61. The van der Waals surface area contributed by atoms with E-state index in [-0.39, 0.29) is 12.4 Å². The molecule has 0 aliphatic rings. The van der Waals surface area contributed by atoms with E-state index < -0.39 is 20.0 Å². The Morgan fingerprint density at radius 2 is 1.68 bits per heavy atom. The van der Waals surface area contributed by atoms with Gasteiger partial charge in [-0.3, -0.25) is 0 Å². The molecule has 0 amide bonds. The molecule has 2 aromatic carbocycles. The first-order chi connectivity index (χ1) is 14.8. The van der Waals surface area contributed by atoms with E-state index in [2.05, 4.69) is 19.6 Å². The Hall–Kier alpha value is -2.29. The second-order valence-electron chi connectivity index (χ2n) is 8.06. The van der Waals surface area contributed by atoms with Crippen molar-refractivity contribution >= 4 is 31.8 Å². The molecule has 2 aromatic rings. The first-order valence-electron chi connectivity index (χ1n) is 9.97. The van der Waals surface area contributed by atoms with Crippen LogP contribution in [-0.2, 0) is 20.0 Å². The quantitative estimate of drug-likeness (QED) is 0.196. The van der Waals surface area contributed by atoms with Gasteiger partial charge in [-0.2, -0.15) is 0 Å². The van der Waals surface area contributed by atoms with Crippen molar-refractivity contribution in [1.29, 1.82) is 0 Å². The van der Waals surface area contributed by atoms with Crippen LogP contribution in [0.2, 0.25) is 25.7 Å². The molecule has 0 heterocycles. The van der Waals surface area contributed by atoms with Crippen molar-refractivity contribution < 1.29 is 28.5 Å². The number of hydrogen-bond donors (Lipinski definition) is 0. The zero-order valence-corrected chi connectivity index (χ0v) is 20.5. The number of carbonyl (C=O) groups is 2. The Bertz CT molecular complexity index is 880. The second kappa shape index (κ2) is 11.9. The molecule has 0 fully saturated rings. The number of methoxy groups -OCH3 is 2. The van der Waals surface area contributed by atoms with E-state index in [4.69, 9.17) is 18.9 Å². The van der Waals surface area contributed by atoms with Gasteiger partial charge in [0.25, 0.3) is 0 Å².